The van der Waals surface area contributed by atoms with Gasteiger partial charge in [-0.3, -0.25) is 14.5 Å². The molecule has 2 amide bonds. The summed E-state index contributed by atoms with van der Waals surface area (Å²) in [5, 5.41) is 2.74. The molecule has 0 aliphatic carbocycles. The fourth-order valence-electron chi connectivity index (χ4n) is 4.56. The predicted octanol–water partition coefficient (Wildman–Crippen LogP) is 5.96. The van der Waals surface area contributed by atoms with Gasteiger partial charge >= 0.3 is 0 Å². The van der Waals surface area contributed by atoms with Gasteiger partial charge in [0, 0.05) is 0 Å². The van der Waals surface area contributed by atoms with Crippen molar-refractivity contribution in [1.82, 2.24) is 4.90 Å². The van der Waals surface area contributed by atoms with Gasteiger partial charge in [-0.25, -0.2) is 4.39 Å². The summed E-state index contributed by atoms with van der Waals surface area (Å²) in [7, 11) is 0. The van der Waals surface area contributed by atoms with Crippen LogP contribution in [0.4, 0.5) is 21.5 Å². The maximum absolute atomic E-state index is 14.6. The van der Waals surface area contributed by atoms with E-state index in [1.807, 2.05) is 12.1 Å². The zero-order valence-corrected chi connectivity index (χ0v) is 20.4. The summed E-state index contributed by atoms with van der Waals surface area (Å²) in [4.78, 5) is 30.2. The number of benzene rings is 3. The number of hydrogen-bond acceptors (Lipinski definition) is 3. The molecule has 0 atom stereocenters. The third-order valence-corrected chi connectivity index (χ3v) is 6.56. The lowest BCUT2D eigenvalue weighted by molar-refractivity contribution is -0.117. The van der Waals surface area contributed by atoms with E-state index < -0.39 is 11.7 Å². The number of carbonyl (C=O) groups excluding carboxylic acids is 2. The minimum absolute atomic E-state index is 0.128. The molecule has 0 radical (unpaired) electrons. The molecule has 1 aliphatic rings. The van der Waals surface area contributed by atoms with E-state index in [1.165, 1.54) is 29.0 Å². The van der Waals surface area contributed by atoms with Crippen molar-refractivity contribution in [3.63, 3.8) is 0 Å². The number of carbonyl (C=O) groups is 2. The standard InChI is InChI=1S/C29H32FN3O2/c1-3-32(4-2)19-8-7-10-21-15-17-22(18-16-21)20-27(34)33-25-13-6-5-12-24(25)31-29(35)28-23(30)11-9-14-26(28)33/h5-6,9,11-18H,3-4,7-8,10,19-20H2,1-2H3,(H,31,35). The van der Waals surface area contributed by atoms with Crippen LogP contribution in [0, 0.1) is 5.82 Å². The van der Waals surface area contributed by atoms with Crippen LogP contribution in [0.3, 0.4) is 0 Å². The van der Waals surface area contributed by atoms with Crippen molar-refractivity contribution in [2.75, 3.05) is 29.9 Å². The summed E-state index contributed by atoms with van der Waals surface area (Å²) in [6, 6.07) is 19.5. The van der Waals surface area contributed by atoms with Gasteiger partial charge in [0.2, 0.25) is 5.91 Å². The van der Waals surface area contributed by atoms with Crippen LogP contribution in [0.15, 0.2) is 66.7 Å². The third-order valence-electron chi connectivity index (χ3n) is 6.56. The minimum Gasteiger partial charge on any atom is -0.320 e. The first kappa shape index (κ1) is 24.6. The molecule has 1 N–H and O–H groups in total. The molecule has 35 heavy (non-hydrogen) atoms. The van der Waals surface area contributed by atoms with E-state index in [2.05, 4.69) is 36.2 Å². The number of nitrogens with zero attached hydrogens (tertiary/aromatic N) is 2. The molecule has 4 rings (SSSR count). The SMILES string of the molecule is CCN(CC)CCCCc1ccc(CC(=O)N2c3ccccc3NC(=O)c3c(F)cccc32)cc1. The highest BCUT2D eigenvalue weighted by molar-refractivity contribution is 6.18. The molecule has 0 bridgehead atoms. The Labute approximate surface area is 206 Å². The lowest BCUT2D eigenvalue weighted by atomic mass is 10.0. The molecular formula is C29H32FN3O2. The van der Waals surface area contributed by atoms with Gasteiger partial charge in [0.25, 0.3) is 5.91 Å². The Balaban J connectivity index is 1.50. The van der Waals surface area contributed by atoms with Gasteiger partial charge in [-0.15, -0.1) is 0 Å². The number of anilines is 3. The van der Waals surface area contributed by atoms with Gasteiger partial charge in [-0.1, -0.05) is 56.3 Å². The van der Waals surface area contributed by atoms with Crippen molar-refractivity contribution in [3.05, 3.63) is 89.2 Å². The second-order valence-corrected chi connectivity index (χ2v) is 8.81. The molecule has 0 saturated carbocycles. The molecule has 182 valence electrons. The predicted molar refractivity (Wildman–Crippen MR) is 139 cm³/mol. The van der Waals surface area contributed by atoms with Gasteiger partial charge in [0.15, 0.2) is 0 Å². The molecule has 6 heteroatoms. The number of fused-ring (bicyclic) bond motifs is 2. The second kappa shape index (κ2) is 11.3. The zero-order valence-electron chi connectivity index (χ0n) is 20.4. The molecule has 0 aromatic heterocycles. The molecule has 1 heterocycles. The van der Waals surface area contributed by atoms with Crippen LogP contribution in [0.5, 0.6) is 0 Å². The molecule has 1 aliphatic heterocycles. The van der Waals surface area contributed by atoms with Gasteiger partial charge in [0.1, 0.15) is 5.82 Å². The van der Waals surface area contributed by atoms with Crippen LogP contribution in [0.2, 0.25) is 0 Å². The monoisotopic (exact) mass is 473 g/mol. The second-order valence-electron chi connectivity index (χ2n) is 8.81. The average molecular weight is 474 g/mol. The highest BCUT2D eigenvalue weighted by Gasteiger charge is 2.31. The maximum Gasteiger partial charge on any atom is 0.260 e. The Morgan fingerprint density at radius 2 is 1.57 bits per heavy atom. The highest BCUT2D eigenvalue weighted by Crippen LogP contribution is 2.39. The molecule has 3 aromatic rings. The normalized spacial score (nSPS) is 12.7. The van der Waals surface area contributed by atoms with Crippen molar-refractivity contribution in [1.29, 1.82) is 0 Å². The van der Waals surface area contributed by atoms with E-state index in [9.17, 15) is 14.0 Å². The molecule has 3 aromatic carbocycles. The van der Waals surface area contributed by atoms with Crippen molar-refractivity contribution >= 4 is 28.9 Å². The first-order valence-electron chi connectivity index (χ1n) is 12.3. The summed E-state index contributed by atoms with van der Waals surface area (Å²) >= 11 is 0. The molecule has 0 fully saturated rings. The summed E-state index contributed by atoms with van der Waals surface area (Å²) in [5.41, 5.74) is 3.25. The van der Waals surface area contributed by atoms with E-state index in [0.717, 1.165) is 38.0 Å². The fourth-order valence-corrected chi connectivity index (χ4v) is 4.56. The Bertz CT molecular complexity index is 1190. The number of amides is 2. The van der Waals surface area contributed by atoms with E-state index in [1.54, 1.807) is 30.3 Å². The Hall–Kier alpha value is -3.51. The maximum atomic E-state index is 14.6. The van der Waals surface area contributed by atoms with Crippen LogP contribution in [0.1, 0.15) is 48.2 Å². The molecule has 5 nitrogen and oxygen atoms in total. The van der Waals surface area contributed by atoms with Crippen LogP contribution in [-0.4, -0.2) is 36.3 Å². The van der Waals surface area contributed by atoms with Crippen LogP contribution < -0.4 is 10.2 Å². The summed E-state index contributed by atoms with van der Waals surface area (Å²) in [6.07, 6.45) is 3.44. The largest absolute Gasteiger partial charge is 0.320 e. The first-order valence-corrected chi connectivity index (χ1v) is 12.3. The number of para-hydroxylation sites is 2. The number of halogens is 1. The molecular weight excluding hydrogens is 441 g/mol. The molecule has 0 unspecified atom stereocenters. The fraction of sp³-hybridized carbons (Fsp3) is 0.310. The Morgan fingerprint density at radius 1 is 0.886 bits per heavy atom. The van der Waals surface area contributed by atoms with E-state index in [0.29, 0.717) is 11.4 Å². The van der Waals surface area contributed by atoms with E-state index >= 15 is 0 Å². The van der Waals surface area contributed by atoms with Gasteiger partial charge in [-0.05, 0) is 74.3 Å². The summed E-state index contributed by atoms with van der Waals surface area (Å²) in [6.45, 7) is 7.68. The number of rotatable bonds is 9. The average Bonchev–Trinajstić information content (AvgIpc) is 2.99. The quantitative estimate of drug-likeness (QED) is 0.390. The van der Waals surface area contributed by atoms with Gasteiger partial charge in [0.05, 0.1) is 29.0 Å². The minimum atomic E-state index is -0.657. The van der Waals surface area contributed by atoms with Crippen LogP contribution in [0.25, 0.3) is 0 Å². The smallest absolute Gasteiger partial charge is 0.260 e. The van der Waals surface area contributed by atoms with Gasteiger partial charge in [-0.2, -0.15) is 0 Å². The number of aryl methyl sites for hydroxylation is 1. The Kier molecular flexibility index (Phi) is 7.93. The highest BCUT2D eigenvalue weighted by atomic mass is 19.1. The lowest BCUT2D eigenvalue weighted by Crippen LogP contribution is -2.28. The first-order chi connectivity index (χ1) is 17.0. The third kappa shape index (κ3) is 5.60. The van der Waals surface area contributed by atoms with Crippen molar-refractivity contribution < 1.29 is 14.0 Å². The zero-order chi connectivity index (χ0) is 24.8. The number of hydrogen-bond donors (Lipinski definition) is 1. The number of unbranched alkanes of at least 4 members (excludes halogenated alkanes) is 1. The number of nitrogens with one attached hydrogen (secondary N) is 1. The van der Waals surface area contributed by atoms with Crippen molar-refractivity contribution in [2.24, 2.45) is 0 Å². The van der Waals surface area contributed by atoms with Crippen LogP contribution in [-0.2, 0) is 17.6 Å². The summed E-state index contributed by atoms with van der Waals surface area (Å²) < 4.78 is 14.6. The summed E-state index contributed by atoms with van der Waals surface area (Å²) in [5.74, 6) is -1.45. The van der Waals surface area contributed by atoms with E-state index in [4.69, 9.17) is 0 Å². The molecule has 0 spiro atoms. The topological polar surface area (TPSA) is 52.7 Å². The van der Waals surface area contributed by atoms with Crippen molar-refractivity contribution in [2.45, 2.75) is 39.5 Å². The van der Waals surface area contributed by atoms with Gasteiger partial charge < -0.3 is 10.2 Å². The lowest BCUT2D eigenvalue weighted by Gasteiger charge is -2.24. The van der Waals surface area contributed by atoms with E-state index in [-0.39, 0.29) is 23.6 Å². The Morgan fingerprint density at radius 3 is 2.31 bits per heavy atom. The van der Waals surface area contributed by atoms with Crippen molar-refractivity contribution in [3.8, 4) is 0 Å². The van der Waals surface area contributed by atoms with Crippen LogP contribution >= 0.6 is 0 Å². The molecule has 0 saturated heterocycles.